The number of nitrogens with one attached hydrogen (secondary N) is 2. The third-order valence-electron chi connectivity index (χ3n) is 3.84. The molecular formula is C17H25ClN2O3. The lowest BCUT2D eigenvalue weighted by molar-refractivity contribution is -0.124. The predicted octanol–water partition coefficient (Wildman–Crippen LogP) is 2.37. The summed E-state index contributed by atoms with van der Waals surface area (Å²) >= 11 is 5.82. The van der Waals surface area contributed by atoms with Gasteiger partial charge in [-0.25, -0.2) is 0 Å². The number of benzene rings is 1. The fourth-order valence-electron chi connectivity index (χ4n) is 2.13. The molecule has 0 saturated carbocycles. The van der Waals surface area contributed by atoms with Crippen LogP contribution in [0.3, 0.4) is 0 Å². The molecule has 0 radical (unpaired) electrons. The van der Waals surface area contributed by atoms with Gasteiger partial charge in [-0.05, 0) is 43.5 Å². The van der Waals surface area contributed by atoms with Crippen molar-refractivity contribution in [3.8, 4) is 0 Å². The van der Waals surface area contributed by atoms with Gasteiger partial charge in [0, 0.05) is 23.2 Å². The second kappa shape index (κ2) is 9.53. The van der Waals surface area contributed by atoms with Gasteiger partial charge in [-0.15, -0.1) is 0 Å². The molecular weight excluding hydrogens is 316 g/mol. The summed E-state index contributed by atoms with van der Waals surface area (Å²) in [6.45, 7) is 5.72. The zero-order valence-corrected chi connectivity index (χ0v) is 14.6. The molecule has 1 aromatic carbocycles. The summed E-state index contributed by atoms with van der Waals surface area (Å²) in [5.74, 6) is -0.549. The molecule has 0 bridgehead atoms. The summed E-state index contributed by atoms with van der Waals surface area (Å²) in [5.41, 5.74) is 0.457. The Balaban J connectivity index is 2.79. The van der Waals surface area contributed by atoms with Crippen LogP contribution in [0.2, 0.25) is 5.02 Å². The quantitative estimate of drug-likeness (QED) is 0.679. The Morgan fingerprint density at radius 3 is 2.30 bits per heavy atom. The van der Waals surface area contributed by atoms with Crippen LogP contribution in [0.4, 0.5) is 0 Å². The number of amides is 2. The molecule has 0 aromatic heterocycles. The molecule has 0 aliphatic rings. The monoisotopic (exact) mass is 340 g/mol. The first-order valence-corrected chi connectivity index (χ1v) is 8.24. The Labute approximate surface area is 142 Å². The fourth-order valence-corrected chi connectivity index (χ4v) is 2.25. The molecule has 3 N–H and O–H groups in total. The van der Waals surface area contributed by atoms with Gasteiger partial charge in [0.25, 0.3) is 5.91 Å². The lowest BCUT2D eigenvalue weighted by atomic mass is 9.97. The van der Waals surface area contributed by atoms with Crippen LogP contribution in [0.25, 0.3) is 0 Å². The van der Waals surface area contributed by atoms with Gasteiger partial charge in [0.05, 0.1) is 0 Å². The fraction of sp³-hybridized carbons (Fsp3) is 0.529. The first-order chi connectivity index (χ1) is 10.9. The standard InChI is InChI=1S/C17H25ClN2O3/c1-4-11(2)15(17(23)19-12(3)9-10-21)20-16(22)13-5-7-14(18)8-6-13/h5-8,11-12,15,21H,4,9-10H2,1-3H3,(H,19,23)(H,20,22). The Hall–Kier alpha value is -1.59. The molecule has 0 fully saturated rings. The third kappa shape index (κ3) is 6.20. The molecule has 0 spiro atoms. The highest BCUT2D eigenvalue weighted by Crippen LogP contribution is 2.12. The van der Waals surface area contributed by atoms with Gasteiger partial charge >= 0.3 is 0 Å². The summed E-state index contributed by atoms with van der Waals surface area (Å²) in [5, 5.41) is 15.1. The van der Waals surface area contributed by atoms with E-state index in [0.29, 0.717) is 17.0 Å². The van der Waals surface area contributed by atoms with Gasteiger partial charge in [-0.3, -0.25) is 9.59 Å². The van der Waals surface area contributed by atoms with Crippen molar-refractivity contribution in [3.05, 3.63) is 34.9 Å². The molecule has 0 saturated heterocycles. The second-order valence-corrected chi connectivity index (χ2v) is 6.20. The van der Waals surface area contributed by atoms with Crippen molar-refractivity contribution >= 4 is 23.4 Å². The average Bonchev–Trinajstić information content (AvgIpc) is 2.52. The van der Waals surface area contributed by atoms with E-state index in [2.05, 4.69) is 10.6 Å². The summed E-state index contributed by atoms with van der Waals surface area (Å²) in [6, 6.07) is 5.75. The highest BCUT2D eigenvalue weighted by atomic mass is 35.5. The van der Waals surface area contributed by atoms with E-state index in [1.807, 2.05) is 20.8 Å². The van der Waals surface area contributed by atoms with Gasteiger partial charge in [-0.1, -0.05) is 31.9 Å². The molecule has 1 rings (SSSR count). The Bertz CT molecular complexity index is 519. The zero-order chi connectivity index (χ0) is 17.4. The van der Waals surface area contributed by atoms with Crippen molar-refractivity contribution in [2.45, 2.75) is 45.7 Å². The molecule has 0 heterocycles. The van der Waals surface area contributed by atoms with E-state index in [9.17, 15) is 9.59 Å². The Morgan fingerprint density at radius 2 is 1.78 bits per heavy atom. The second-order valence-electron chi connectivity index (χ2n) is 5.77. The first-order valence-electron chi connectivity index (χ1n) is 7.86. The Kier molecular flexibility index (Phi) is 8.06. The highest BCUT2D eigenvalue weighted by molar-refractivity contribution is 6.30. The molecule has 128 valence electrons. The van der Waals surface area contributed by atoms with E-state index in [0.717, 1.165) is 6.42 Å². The molecule has 6 heteroatoms. The van der Waals surface area contributed by atoms with E-state index >= 15 is 0 Å². The zero-order valence-electron chi connectivity index (χ0n) is 13.8. The number of hydrogen-bond acceptors (Lipinski definition) is 3. The number of aliphatic hydroxyl groups excluding tert-OH is 1. The van der Waals surface area contributed by atoms with Gasteiger partial charge in [0.15, 0.2) is 0 Å². The average molecular weight is 341 g/mol. The van der Waals surface area contributed by atoms with Crippen LogP contribution < -0.4 is 10.6 Å². The van der Waals surface area contributed by atoms with Crippen LogP contribution in [0.5, 0.6) is 0 Å². The van der Waals surface area contributed by atoms with Crippen LogP contribution in [-0.2, 0) is 4.79 Å². The molecule has 0 aliphatic carbocycles. The number of aliphatic hydroxyl groups is 1. The van der Waals surface area contributed by atoms with Crippen molar-refractivity contribution in [3.63, 3.8) is 0 Å². The molecule has 5 nitrogen and oxygen atoms in total. The third-order valence-corrected chi connectivity index (χ3v) is 4.09. The summed E-state index contributed by atoms with van der Waals surface area (Å²) in [4.78, 5) is 24.7. The normalized spacial score (nSPS) is 14.7. The summed E-state index contributed by atoms with van der Waals surface area (Å²) in [7, 11) is 0. The Morgan fingerprint density at radius 1 is 1.17 bits per heavy atom. The lowest BCUT2D eigenvalue weighted by Gasteiger charge is -2.25. The van der Waals surface area contributed by atoms with E-state index in [1.54, 1.807) is 24.3 Å². The van der Waals surface area contributed by atoms with Gasteiger partial charge < -0.3 is 15.7 Å². The molecule has 0 aliphatic heterocycles. The van der Waals surface area contributed by atoms with Crippen molar-refractivity contribution in [2.75, 3.05) is 6.61 Å². The van der Waals surface area contributed by atoms with Crippen molar-refractivity contribution in [1.82, 2.24) is 10.6 Å². The van der Waals surface area contributed by atoms with Crippen LogP contribution in [0, 0.1) is 5.92 Å². The number of halogens is 1. The topological polar surface area (TPSA) is 78.4 Å². The maximum absolute atomic E-state index is 12.4. The van der Waals surface area contributed by atoms with Crippen LogP contribution in [0.15, 0.2) is 24.3 Å². The lowest BCUT2D eigenvalue weighted by Crippen LogP contribution is -2.52. The number of rotatable bonds is 8. The van der Waals surface area contributed by atoms with Gasteiger partial charge in [0.2, 0.25) is 5.91 Å². The van der Waals surface area contributed by atoms with E-state index in [4.69, 9.17) is 16.7 Å². The maximum atomic E-state index is 12.4. The number of carbonyl (C=O) groups is 2. The van der Waals surface area contributed by atoms with E-state index in [-0.39, 0.29) is 30.4 Å². The summed E-state index contributed by atoms with van der Waals surface area (Å²) in [6.07, 6.45) is 1.23. The maximum Gasteiger partial charge on any atom is 0.251 e. The largest absolute Gasteiger partial charge is 0.396 e. The number of hydrogen-bond donors (Lipinski definition) is 3. The van der Waals surface area contributed by atoms with Gasteiger partial charge in [-0.2, -0.15) is 0 Å². The van der Waals surface area contributed by atoms with Crippen LogP contribution in [-0.4, -0.2) is 35.6 Å². The van der Waals surface area contributed by atoms with Crippen molar-refractivity contribution in [2.24, 2.45) is 5.92 Å². The molecule has 3 atom stereocenters. The molecule has 23 heavy (non-hydrogen) atoms. The van der Waals surface area contributed by atoms with Gasteiger partial charge in [0.1, 0.15) is 6.04 Å². The number of carbonyl (C=O) groups excluding carboxylic acids is 2. The van der Waals surface area contributed by atoms with Crippen LogP contribution in [0.1, 0.15) is 44.0 Å². The summed E-state index contributed by atoms with van der Waals surface area (Å²) < 4.78 is 0. The highest BCUT2D eigenvalue weighted by Gasteiger charge is 2.27. The smallest absolute Gasteiger partial charge is 0.251 e. The van der Waals surface area contributed by atoms with E-state index < -0.39 is 6.04 Å². The minimum Gasteiger partial charge on any atom is -0.396 e. The van der Waals surface area contributed by atoms with Crippen LogP contribution >= 0.6 is 11.6 Å². The molecule has 2 amide bonds. The van der Waals surface area contributed by atoms with Crippen molar-refractivity contribution in [1.29, 1.82) is 0 Å². The first kappa shape index (κ1) is 19.5. The molecule has 1 aromatic rings. The minimum atomic E-state index is -0.621. The molecule has 3 unspecified atom stereocenters. The van der Waals surface area contributed by atoms with E-state index in [1.165, 1.54) is 0 Å². The predicted molar refractivity (Wildman–Crippen MR) is 91.5 cm³/mol. The van der Waals surface area contributed by atoms with Crippen molar-refractivity contribution < 1.29 is 14.7 Å². The SMILES string of the molecule is CCC(C)C(NC(=O)c1ccc(Cl)cc1)C(=O)NC(C)CCO. The minimum absolute atomic E-state index is 0.00653.